The van der Waals surface area contributed by atoms with E-state index in [-0.39, 0.29) is 0 Å². The molecule has 0 amide bonds. The number of hydrogen-bond donors (Lipinski definition) is 2. The normalized spacial score (nSPS) is 11.5. The number of imidazole rings is 2. The molecule has 0 saturated heterocycles. The van der Waals surface area contributed by atoms with Gasteiger partial charge in [0.25, 0.3) is 0 Å². The Morgan fingerprint density at radius 2 is 1.94 bits per heavy atom. The second kappa shape index (κ2) is 7.23. The molecule has 0 saturated carbocycles. The average Bonchev–Trinajstić information content (AvgIpc) is 3.55. The van der Waals surface area contributed by atoms with Gasteiger partial charge in [-0.3, -0.25) is 15.1 Å². The van der Waals surface area contributed by atoms with Gasteiger partial charge in [-0.15, -0.1) is 0 Å². The van der Waals surface area contributed by atoms with Gasteiger partial charge in [0.15, 0.2) is 11.5 Å². The largest absolute Gasteiger partial charge is 0.376 e. The number of nitrogens with one attached hydrogen (secondary N) is 2. The van der Waals surface area contributed by atoms with Crippen molar-refractivity contribution in [2.75, 3.05) is 19.0 Å². The Bertz CT molecular complexity index is 1620. The van der Waals surface area contributed by atoms with Crippen LogP contribution in [0.5, 0.6) is 0 Å². The van der Waals surface area contributed by atoms with Crippen LogP contribution in [0, 0.1) is 6.92 Å². The quantitative estimate of drug-likeness (QED) is 0.434. The molecule has 0 aliphatic rings. The Labute approximate surface area is 188 Å². The van der Waals surface area contributed by atoms with Gasteiger partial charge < -0.3 is 14.5 Å². The maximum Gasteiger partial charge on any atom is 0.180 e. The van der Waals surface area contributed by atoms with E-state index in [4.69, 9.17) is 4.98 Å². The Balaban J connectivity index is 1.48. The van der Waals surface area contributed by atoms with Crippen LogP contribution in [0.3, 0.4) is 0 Å². The standard InChI is InChI=1S/C23H20N10/c1-13-11-33(12-27-13)19-4-5-25-22-21(19)28-23(29-22)20-16-7-17(26-10-18(16)30-31-20)14-6-15(32(2)3)9-24-8-14/h4-12H,1-3H3,(H,30,31)(H,25,28,29). The van der Waals surface area contributed by atoms with E-state index in [1.165, 1.54) is 0 Å². The van der Waals surface area contributed by atoms with Crippen molar-refractivity contribution in [1.82, 2.24) is 44.7 Å². The van der Waals surface area contributed by atoms with Gasteiger partial charge in [0.1, 0.15) is 11.2 Å². The summed E-state index contributed by atoms with van der Waals surface area (Å²) in [5, 5.41) is 8.49. The lowest BCUT2D eigenvalue weighted by Crippen LogP contribution is -2.08. The zero-order chi connectivity index (χ0) is 22.5. The summed E-state index contributed by atoms with van der Waals surface area (Å²) < 4.78 is 1.96. The Morgan fingerprint density at radius 3 is 2.76 bits per heavy atom. The third kappa shape index (κ3) is 3.19. The van der Waals surface area contributed by atoms with Crippen LogP contribution in [-0.2, 0) is 0 Å². The number of anilines is 1. The molecule has 6 aromatic heterocycles. The Morgan fingerprint density at radius 1 is 1.03 bits per heavy atom. The zero-order valence-corrected chi connectivity index (χ0v) is 18.3. The molecule has 2 N–H and O–H groups in total. The number of aryl methyl sites for hydroxylation is 1. The summed E-state index contributed by atoms with van der Waals surface area (Å²) in [6, 6.07) is 6.00. The lowest BCUT2D eigenvalue weighted by Gasteiger charge is -2.12. The van der Waals surface area contributed by atoms with Crippen LogP contribution in [0.2, 0.25) is 0 Å². The maximum atomic E-state index is 4.72. The molecule has 0 aliphatic carbocycles. The maximum absolute atomic E-state index is 4.72. The highest BCUT2D eigenvalue weighted by Crippen LogP contribution is 2.30. The smallest absolute Gasteiger partial charge is 0.180 e. The highest BCUT2D eigenvalue weighted by atomic mass is 15.2. The third-order valence-corrected chi connectivity index (χ3v) is 5.57. The van der Waals surface area contributed by atoms with Gasteiger partial charge in [-0.2, -0.15) is 5.10 Å². The number of aromatic amines is 2. The van der Waals surface area contributed by atoms with Crippen molar-refractivity contribution in [3.8, 4) is 28.5 Å². The first-order valence-electron chi connectivity index (χ1n) is 10.4. The van der Waals surface area contributed by atoms with Crippen LogP contribution in [0.15, 0.2) is 55.5 Å². The van der Waals surface area contributed by atoms with Gasteiger partial charge in [0, 0.05) is 43.6 Å². The zero-order valence-electron chi connectivity index (χ0n) is 18.3. The fraction of sp³-hybridized carbons (Fsp3) is 0.130. The molecular weight excluding hydrogens is 416 g/mol. The van der Waals surface area contributed by atoms with Crippen LogP contribution in [0.1, 0.15) is 5.69 Å². The van der Waals surface area contributed by atoms with Crippen molar-refractivity contribution >= 4 is 27.8 Å². The molecule has 6 aromatic rings. The summed E-state index contributed by atoms with van der Waals surface area (Å²) in [6.45, 7) is 1.96. The van der Waals surface area contributed by atoms with Gasteiger partial charge in [0.05, 0.1) is 47.0 Å². The molecule has 0 fully saturated rings. The molecule has 0 aliphatic heterocycles. The predicted molar refractivity (Wildman–Crippen MR) is 126 cm³/mol. The molecule has 0 unspecified atom stereocenters. The lowest BCUT2D eigenvalue weighted by molar-refractivity contribution is 1.06. The molecule has 0 radical (unpaired) electrons. The van der Waals surface area contributed by atoms with E-state index in [0.717, 1.165) is 44.7 Å². The summed E-state index contributed by atoms with van der Waals surface area (Å²) >= 11 is 0. The first-order valence-corrected chi connectivity index (χ1v) is 10.4. The monoisotopic (exact) mass is 436 g/mol. The number of rotatable bonds is 4. The highest BCUT2D eigenvalue weighted by molar-refractivity contribution is 5.95. The van der Waals surface area contributed by atoms with E-state index in [1.54, 1.807) is 18.7 Å². The summed E-state index contributed by atoms with van der Waals surface area (Å²) in [5.41, 5.74) is 7.57. The number of hydrogen-bond acceptors (Lipinski definition) is 7. The van der Waals surface area contributed by atoms with Crippen LogP contribution in [-0.4, -0.2) is 58.8 Å². The number of pyridine rings is 3. The van der Waals surface area contributed by atoms with Crippen molar-refractivity contribution in [1.29, 1.82) is 0 Å². The van der Waals surface area contributed by atoms with Gasteiger partial charge in [-0.25, -0.2) is 15.0 Å². The average molecular weight is 436 g/mol. The van der Waals surface area contributed by atoms with Crippen molar-refractivity contribution in [3.63, 3.8) is 0 Å². The topological polar surface area (TPSA) is 117 Å². The van der Waals surface area contributed by atoms with Gasteiger partial charge in [-0.1, -0.05) is 0 Å². The first-order chi connectivity index (χ1) is 16.1. The molecule has 6 heterocycles. The molecule has 10 nitrogen and oxygen atoms in total. The SMILES string of the molecule is Cc1cn(-c2ccnc3nc(-c4n[nH]c5cnc(-c6cncc(N(C)C)c6)cc45)[nH]c23)cn1. The predicted octanol–water partition coefficient (Wildman–Crippen LogP) is 3.52. The molecule has 0 aromatic carbocycles. The van der Waals surface area contributed by atoms with Crippen molar-refractivity contribution in [3.05, 3.63) is 61.2 Å². The summed E-state index contributed by atoms with van der Waals surface area (Å²) in [5.74, 6) is 0.630. The molecule has 6 rings (SSSR count). The summed E-state index contributed by atoms with van der Waals surface area (Å²) in [6.07, 6.45) is 10.9. The molecule has 162 valence electrons. The van der Waals surface area contributed by atoms with Crippen LogP contribution < -0.4 is 4.90 Å². The van der Waals surface area contributed by atoms with E-state index < -0.39 is 0 Å². The summed E-state index contributed by atoms with van der Waals surface area (Å²) in [4.78, 5) is 27.9. The number of aromatic nitrogens is 9. The summed E-state index contributed by atoms with van der Waals surface area (Å²) in [7, 11) is 3.97. The van der Waals surface area contributed by atoms with E-state index in [1.807, 2.05) is 61.2 Å². The minimum Gasteiger partial charge on any atom is -0.376 e. The number of nitrogens with zero attached hydrogens (tertiary/aromatic N) is 8. The fourth-order valence-corrected chi connectivity index (χ4v) is 3.85. The minimum absolute atomic E-state index is 0.613. The highest BCUT2D eigenvalue weighted by Gasteiger charge is 2.17. The van der Waals surface area contributed by atoms with Crippen LogP contribution >= 0.6 is 0 Å². The molecule has 33 heavy (non-hydrogen) atoms. The Hall–Kier alpha value is -4.60. The number of H-pyrrole nitrogens is 2. The first kappa shape index (κ1) is 19.1. The molecule has 0 spiro atoms. The van der Waals surface area contributed by atoms with Gasteiger partial charge in [-0.05, 0) is 25.1 Å². The fourth-order valence-electron chi connectivity index (χ4n) is 3.85. The van der Waals surface area contributed by atoms with Gasteiger partial charge >= 0.3 is 0 Å². The molecule has 10 heteroatoms. The molecule has 0 atom stereocenters. The van der Waals surface area contributed by atoms with E-state index in [0.29, 0.717) is 17.2 Å². The lowest BCUT2D eigenvalue weighted by atomic mass is 10.1. The van der Waals surface area contributed by atoms with Crippen molar-refractivity contribution in [2.24, 2.45) is 0 Å². The second-order valence-corrected chi connectivity index (χ2v) is 8.05. The van der Waals surface area contributed by atoms with Crippen LogP contribution in [0.25, 0.3) is 50.5 Å². The third-order valence-electron chi connectivity index (χ3n) is 5.57. The van der Waals surface area contributed by atoms with Crippen molar-refractivity contribution in [2.45, 2.75) is 6.92 Å². The van der Waals surface area contributed by atoms with Crippen LogP contribution in [0.4, 0.5) is 5.69 Å². The van der Waals surface area contributed by atoms with E-state index in [9.17, 15) is 0 Å². The number of fused-ring (bicyclic) bond motifs is 2. The van der Waals surface area contributed by atoms with E-state index in [2.05, 4.69) is 41.2 Å². The minimum atomic E-state index is 0.613. The molecular formula is C23H20N10. The van der Waals surface area contributed by atoms with E-state index >= 15 is 0 Å². The Kier molecular flexibility index (Phi) is 4.19. The molecule has 0 bridgehead atoms. The van der Waals surface area contributed by atoms with Crippen molar-refractivity contribution < 1.29 is 0 Å². The second-order valence-electron chi connectivity index (χ2n) is 8.05. The van der Waals surface area contributed by atoms with Gasteiger partial charge in [0.2, 0.25) is 0 Å².